The molecule has 5 nitrogen and oxygen atoms in total. The fraction of sp³-hybridized carbons (Fsp3) is 0.312. The second-order valence-corrected chi connectivity index (χ2v) is 6.67. The minimum absolute atomic E-state index is 0.191. The monoisotopic (exact) mass is 350 g/mol. The Morgan fingerprint density at radius 3 is 2.91 bits per heavy atom. The number of hydrogen-bond acceptors (Lipinski definition) is 5. The topological polar surface area (TPSA) is 68.3 Å². The number of ether oxygens (including phenoxy) is 1. The lowest BCUT2D eigenvalue weighted by Crippen LogP contribution is -2.37. The molecule has 0 radical (unpaired) electrons. The van der Waals surface area contributed by atoms with Gasteiger partial charge < -0.3 is 10.1 Å². The Bertz CT molecular complexity index is 742. The molecule has 0 spiro atoms. The first kappa shape index (κ1) is 16.0. The molecule has 1 saturated carbocycles. The summed E-state index contributed by atoms with van der Waals surface area (Å²) in [4.78, 5) is 28.2. The van der Waals surface area contributed by atoms with E-state index in [-0.39, 0.29) is 17.6 Å². The molecule has 0 bridgehead atoms. The third-order valence-electron chi connectivity index (χ3n) is 3.36. The van der Waals surface area contributed by atoms with E-state index in [2.05, 4.69) is 10.3 Å². The van der Waals surface area contributed by atoms with Crippen molar-refractivity contribution in [2.45, 2.75) is 31.9 Å². The number of thiazole rings is 1. The fourth-order valence-electron chi connectivity index (χ4n) is 1.94. The van der Waals surface area contributed by atoms with Gasteiger partial charge in [0, 0.05) is 22.0 Å². The Hall–Kier alpha value is -1.92. The molecular formula is C16H15ClN2O3S. The number of esters is 1. The molecule has 0 aliphatic heterocycles. The van der Waals surface area contributed by atoms with Crippen LogP contribution in [0, 0.1) is 0 Å². The Kier molecular flexibility index (Phi) is 4.63. The number of carbonyl (C=O) groups is 2. The van der Waals surface area contributed by atoms with E-state index in [0.29, 0.717) is 10.0 Å². The van der Waals surface area contributed by atoms with E-state index < -0.39 is 12.1 Å². The second kappa shape index (κ2) is 6.68. The third-order valence-corrected chi connectivity index (χ3v) is 4.49. The quantitative estimate of drug-likeness (QED) is 0.840. The number of aromatic nitrogens is 1. The van der Waals surface area contributed by atoms with Crippen LogP contribution in [0.4, 0.5) is 0 Å². The summed E-state index contributed by atoms with van der Waals surface area (Å²) < 4.78 is 5.17. The van der Waals surface area contributed by atoms with Gasteiger partial charge in [-0.2, -0.15) is 0 Å². The smallest absolute Gasteiger partial charge is 0.358 e. The SMILES string of the molecule is C[C@@H](OC(=O)c1csc(-c2cccc(Cl)c2)n1)C(=O)NC1CC1. The van der Waals surface area contributed by atoms with E-state index in [1.165, 1.54) is 11.3 Å². The van der Waals surface area contributed by atoms with Crippen molar-refractivity contribution in [3.8, 4) is 10.6 Å². The summed E-state index contributed by atoms with van der Waals surface area (Å²) in [6, 6.07) is 7.47. The summed E-state index contributed by atoms with van der Waals surface area (Å²) in [5.41, 5.74) is 1.03. The Labute approximate surface area is 142 Å². The highest BCUT2D eigenvalue weighted by Gasteiger charge is 2.27. The maximum absolute atomic E-state index is 12.1. The van der Waals surface area contributed by atoms with Crippen molar-refractivity contribution in [2.75, 3.05) is 0 Å². The van der Waals surface area contributed by atoms with E-state index in [0.717, 1.165) is 18.4 Å². The summed E-state index contributed by atoms with van der Waals surface area (Å²) in [6.45, 7) is 1.56. The Morgan fingerprint density at radius 1 is 1.43 bits per heavy atom. The molecule has 1 aromatic heterocycles. The molecule has 1 amide bonds. The molecule has 1 fully saturated rings. The first-order chi connectivity index (χ1) is 11.0. The average Bonchev–Trinajstić information content (AvgIpc) is 3.19. The average molecular weight is 351 g/mol. The number of benzene rings is 1. The highest BCUT2D eigenvalue weighted by Crippen LogP contribution is 2.26. The number of amides is 1. The lowest BCUT2D eigenvalue weighted by Gasteiger charge is -2.12. The zero-order chi connectivity index (χ0) is 16.4. The van der Waals surface area contributed by atoms with Gasteiger partial charge in [-0.1, -0.05) is 23.7 Å². The van der Waals surface area contributed by atoms with Crippen LogP contribution in [-0.4, -0.2) is 29.0 Å². The Morgan fingerprint density at radius 2 is 2.22 bits per heavy atom. The van der Waals surface area contributed by atoms with Crippen LogP contribution in [0.25, 0.3) is 10.6 Å². The van der Waals surface area contributed by atoms with Gasteiger partial charge in [0.25, 0.3) is 5.91 Å². The van der Waals surface area contributed by atoms with E-state index in [1.807, 2.05) is 12.1 Å². The third kappa shape index (κ3) is 4.09. The van der Waals surface area contributed by atoms with Crippen molar-refractivity contribution >= 4 is 34.8 Å². The highest BCUT2D eigenvalue weighted by molar-refractivity contribution is 7.13. The predicted molar refractivity (Wildman–Crippen MR) is 88.6 cm³/mol. The van der Waals surface area contributed by atoms with Crippen LogP contribution in [0.3, 0.4) is 0 Å². The minimum atomic E-state index is -0.834. The van der Waals surface area contributed by atoms with Gasteiger partial charge in [0.05, 0.1) is 0 Å². The zero-order valence-corrected chi connectivity index (χ0v) is 14.0. The van der Waals surface area contributed by atoms with Gasteiger partial charge in [0.15, 0.2) is 11.8 Å². The number of hydrogen-bond donors (Lipinski definition) is 1. The van der Waals surface area contributed by atoms with Crippen molar-refractivity contribution in [1.29, 1.82) is 0 Å². The van der Waals surface area contributed by atoms with E-state index in [4.69, 9.17) is 16.3 Å². The summed E-state index contributed by atoms with van der Waals surface area (Å²) in [6.07, 6.45) is 1.14. The summed E-state index contributed by atoms with van der Waals surface area (Å²) in [5, 5.41) is 5.69. The second-order valence-electron chi connectivity index (χ2n) is 5.38. The van der Waals surface area contributed by atoms with Gasteiger partial charge in [-0.25, -0.2) is 9.78 Å². The van der Waals surface area contributed by atoms with Crippen LogP contribution in [0.5, 0.6) is 0 Å². The predicted octanol–water partition coefficient (Wildman–Crippen LogP) is 3.29. The van der Waals surface area contributed by atoms with Crippen molar-refractivity contribution in [3.05, 3.63) is 40.4 Å². The molecule has 1 aromatic carbocycles. The molecule has 2 aromatic rings. The molecule has 0 unspecified atom stereocenters. The van der Waals surface area contributed by atoms with Gasteiger partial charge in [-0.05, 0) is 31.9 Å². The lowest BCUT2D eigenvalue weighted by molar-refractivity contribution is -0.129. The van der Waals surface area contributed by atoms with Crippen molar-refractivity contribution < 1.29 is 14.3 Å². The number of rotatable bonds is 5. The molecule has 1 aliphatic carbocycles. The number of halogens is 1. The van der Waals surface area contributed by atoms with E-state index in [1.54, 1.807) is 24.4 Å². The summed E-state index contributed by atoms with van der Waals surface area (Å²) in [5.74, 6) is -0.876. The van der Waals surface area contributed by atoms with Crippen molar-refractivity contribution in [1.82, 2.24) is 10.3 Å². The minimum Gasteiger partial charge on any atom is -0.448 e. The van der Waals surface area contributed by atoms with Crippen LogP contribution < -0.4 is 5.32 Å². The number of carbonyl (C=O) groups excluding carboxylic acids is 2. The molecule has 1 heterocycles. The van der Waals surface area contributed by atoms with Crippen LogP contribution in [-0.2, 0) is 9.53 Å². The number of nitrogens with zero attached hydrogens (tertiary/aromatic N) is 1. The first-order valence-electron chi connectivity index (χ1n) is 7.26. The standard InChI is InChI=1S/C16H15ClN2O3S/c1-9(14(20)18-12-5-6-12)22-16(21)13-8-23-15(19-13)10-3-2-4-11(17)7-10/h2-4,7-9,12H,5-6H2,1H3,(H,18,20)/t9-/m1/s1. The molecule has 7 heteroatoms. The zero-order valence-electron chi connectivity index (χ0n) is 12.4. The first-order valence-corrected chi connectivity index (χ1v) is 8.51. The molecule has 1 aliphatic rings. The molecule has 3 rings (SSSR count). The largest absolute Gasteiger partial charge is 0.448 e. The lowest BCUT2D eigenvalue weighted by atomic mass is 10.2. The fourth-order valence-corrected chi connectivity index (χ4v) is 2.92. The van der Waals surface area contributed by atoms with Crippen LogP contribution >= 0.6 is 22.9 Å². The maximum Gasteiger partial charge on any atom is 0.358 e. The molecule has 23 heavy (non-hydrogen) atoms. The number of nitrogens with one attached hydrogen (secondary N) is 1. The molecule has 1 atom stereocenters. The molecule has 0 saturated heterocycles. The molecular weight excluding hydrogens is 336 g/mol. The van der Waals surface area contributed by atoms with Gasteiger partial charge >= 0.3 is 5.97 Å². The van der Waals surface area contributed by atoms with Gasteiger partial charge in [0.2, 0.25) is 0 Å². The summed E-state index contributed by atoms with van der Waals surface area (Å²) >= 11 is 7.28. The van der Waals surface area contributed by atoms with Gasteiger partial charge in [0.1, 0.15) is 5.01 Å². The Balaban J connectivity index is 1.65. The summed E-state index contributed by atoms with van der Waals surface area (Å²) in [7, 11) is 0. The molecule has 120 valence electrons. The van der Waals surface area contributed by atoms with E-state index >= 15 is 0 Å². The molecule has 1 N–H and O–H groups in total. The normalized spacial score (nSPS) is 15.0. The van der Waals surface area contributed by atoms with Crippen molar-refractivity contribution in [3.63, 3.8) is 0 Å². The highest BCUT2D eigenvalue weighted by atomic mass is 35.5. The van der Waals surface area contributed by atoms with Crippen LogP contribution in [0.2, 0.25) is 5.02 Å². The van der Waals surface area contributed by atoms with Gasteiger partial charge in [-0.15, -0.1) is 11.3 Å². The van der Waals surface area contributed by atoms with Crippen LogP contribution in [0.15, 0.2) is 29.6 Å². The van der Waals surface area contributed by atoms with Crippen molar-refractivity contribution in [2.24, 2.45) is 0 Å². The van der Waals surface area contributed by atoms with Crippen LogP contribution in [0.1, 0.15) is 30.3 Å². The maximum atomic E-state index is 12.1. The van der Waals surface area contributed by atoms with E-state index in [9.17, 15) is 9.59 Å². The van der Waals surface area contributed by atoms with Gasteiger partial charge in [-0.3, -0.25) is 4.79 Å².